The first-order valence-corrected chi connectivity index (χ1v) is 10.8. The summed E-state index contributed by atoms with van der Waals surface area (Å²) in [4.78, 5) is 17.7. The van der Waals surface area contributed by atoms with Crippen LogP contribution in [0.3, 0.4) is 0 Å². The van der Waals surface area contributed by atoms with Gasteiger partial charge in [-0.3, -0.25) is 9.38 Å². The maximum Gasteiger partial charge on any atom is 0.223 e. The summed E-state index contributed by atoms with van der Waals surface area (Å²) in [7, 11) is 0. The summed E-state index contributed by atoms with van der Waals surface area (Å²) in [6.07, 6.45) is 12.4. The van der Waals surface area contributed by atoms with Gasteiger partial charge in [-0.25, -0.2) is 19.3 Å². The van der Waals surface area contributed by atoms with E-state index in [1.807, 2.05) is 42.0 Å². The predicted molar refractivity (Wildman–Crippen MR) is 122 cm³/mol. The van der Waals surface area contributed by atoms with Crippen molar-refractivity contribution in [3.8, 4) is 11.4 Å². The van der Waals surface area contributed by atoms with Gasteiger partial charge in [-0.2, -0.15) is 0 Å². The van der Waals surface area contributed by atoms with Gasteiger partial charge in [0.2, 0.25) is 5.95 Å². The Morgan fingerprint density at radius 2 is 1.88 bits per heavy atom. The molecule has 5 rings (SSSR count). The molecule has 0 radical (unpaired) electrons. The van der Waals surface area contributed by atoms with Gasteiger partial charge in [-0.15, -0.1) is 0 Å². The smallest absolute Gasteiger partial charge is 0.223 e. The molecule has 4 heterocycles. The van der Waals surface area contributed by atoms with Crippen LogP contribution in [-0.2, 0) is 0 Å². The SMILES string of the molecule is Cc1cnc(N[C@H]2CC[C@H](N)CC2)nc1-c1cnc2ccc(Nc3cncc(F)c3)cn12. The molecule has 1 saturated carbocycles. The Labute approximate surface area is 185 Å². The number of pyridine rings is 2. The molecule has 0 atom stereocenters. The van der Waals surface area contributed by atoms with Crippen LogP contribution in [0.2, 0.25) is 0 Å². The maximum absolute atomic E-state index is 13.5. The molecular weight excluding hydrogens is 407 g/mol. The lowest BCUT2D eigenvalue weighted by Crippen LogP contribution is -2.33. The van der Waals surface area contributed by atoms with Crippen LogP contribution >= 0.6 is 0 Å². The van der Waals surface area contributed by atoms with Crippen molar-refractivity contribution < 1.29 is 4.39 Å². The molecule has 1 aliphatic carbocycles. The quantitative estimate of drug-likeness (QED) is 0.437. The number of imidazole rings is 1. The molecule has 32 heavy (non-hydrogen) atoms. The number of halogens is 1. The molecule has 164 valence electrons. The van der Waals surface area contributed by atoms with Gasteiger partial charge in [-0.05, 0) is 50.3 Å². The van der Waals surface area contributed by atoms with Gasteiger partial charge in [0.05, 0.1) is 41.4 Å². The van der Waals surface area contributed by atoms with E-state index in [1.165, 1.54) is 12.3 Å². The summed E-state index contributed by atoms with van der Waals surface area (Å²) in [5.74, 6) is 0.220. The Morgan fingerprint density at radius 3 is 2.69 bits per heavy atom. The number of hydrogen-bond donors (Lipinski definition) is 3. The van der Waals surface area contributed by atoms with E-state index in [1.54, 1.807) is 6.20 Å². The van der Waals surface area contributed by atoms with Crippen molar-refractivity contribution >= 4 is 23.0 Å². The van der Waals surface area contributed by atoms with Gasteiger partial charge in [0.1, 0.15) is 11.5 Å². The van der Waals surface area contributed by atoms with E-state index < -0.39 is 5.82 Å². The average molecular weight is 433 g/mol. The molecule has 1 aliphatic rings. The number of hydrogen-bond acceptors (Lipinski definition) is 7. The van der Waals surface area contributed by atoms with Crippen LogP contribution < -0.4 is 16.4 Å². The zero-order valence-corrected chi connectivity index (χ0v) is 17.8. The second kappa shape index (κ2) is 8.51. The van der Waals surface area contributed by atoms with Crippen molar-refractivity contribution in [1.29, 1.82) is 0 Å². The molecule has 8 nitrogen and oxygen atoms in total. The topological polar surface area (TPSA) is 106 Å². The lowest BCUT2D eigenvalue weighted by atomic mass is 9.92. The van der Waals surface area contributed by atoms with Gasteiger partial charge < -0.3 is 16.4 Å². The number of aromatic nitrogens is 5. The van der Waals surface area contributed by atoms with Crippen LogP contribution in [0.4, 0.5) is 21.7 Å². The molecule has 0 aliphatic heterocycles. The molecule has 4 aromatic rings. The van der Waals surface area contributed by atoms with Gasteiger partial charge >= 0.3 is 0 Å². The molecule has 0 unspecified atom stereocenters. The Kier molecular flexibility index (Phi) is 5.40. The minimum Gasteiger partial charge on any atom is -0.353 e. The highest BCUT2D eigenvalue weighted by Gasteiger charge is 2.20. The van der Waals surface area contributed by atoms with E-state index >= 15 is 0 Å². The second-order valence-corrected chi connectivity index (χ2v) is 8.29. The van der Waals surface area contributed by atoms with Crippen molar-refractivity contribution in [3.05, 3.63) is 60.6 Å². The number of nitrogens with one attached hydrogen (secondary N) is 2. The fourth-order valence-corrected chi connectivity index (χ4v) is 4.09. The van der Waals surface area contributed by atoms with Crippen molar-refractivity contribution in [2.24, 2.45) is 5.73 Å². The number of nitrogens with zero attached hydrogens (tertiary/aromatic N) is 5. The Morgan fingerprint density at radius 1 is 1.03 bits per heavy atom. The summed E-state index contributed by atoms with van der Waals surface area (Å²) in [5, 5.41) is 6.65. The third kappa shape index (κ3) is 4.24. The summed E-state index contributed by atoms with van der Waals surface area (Å²) >= 11 is 0. The highest BCUT2D eigenvalue weighted by Crippen LogP contribution is 2.27. The first kappa shape index (κ1) is 20.3. The molecule has 0 amide bonds. The van der Waals surface area contributed by atoms with Gasteiger partial charge in [0.15, 0.2) is 0 Å². The highest BCUT2D eigenvalue weighted by atomic mass is 19.1. The largest absolute Gasteiger partial charge is 0.353 e. The normalized spacial score (nSPS) is 18.6. The summed E-state index contributed by atoms with van der Waals surface area (Å²) < 4.78 is 15.5. The molecule has 0 bridgehead atoms. The van der Waals surface area contributed by atoms with Crippen molar-refractivity contribution in [2.75, 3.05) is 10.6 Å². The van der Waals surface area contributed by atoms with Gasteiger partial charge in [0, 0.05) is 30.5 Å². The highest BCUT2D eigenvalue weighted by molar-refractivity contribution is 5.67. The Hall–Kier alpha value is -3.59. The van der Waals surface area contributed by atoms with E-state index in [4.69, 9.17) is 10.7 Å². The van der Waals surface area contributed by atoms with Crippen LogP contribution in [0.15, 0.2) is 49.2 Å². The number of rotatable bonds is 5. The average Bonchev–Trinajstić information content (AvgIpc) is 3.20. The zero-order valence-electron chi connectivity index (χ0n) is 17.8. The van der Waals surface area contributed by atoms with Crippen LogP contribution in [0, 0.1) is 12.7 Å². The van der Waals surface area contributed by atoms with Crippen molar-refractivity contribution in [1.82, 2.24) is 24.3 Å². The molecule has 0 saturated heterocycles. The minimum absolute atomic E-state index is 0.298. The zero-order chi connectivity index (χ0) is 22.1. The summed E-state index contributed by atoms with van der Waals surface area (Å²) in [6.45, 7) is 1.98. The molecule has 4 aromatic heterocycles. The lowest BCUT2D eigenvalue weighted by molar-refractivity contribution is 0.410. The van der Waals surface area contributed by atoms with E-state index in [-0.39, 0.29) is 0 Å². The second-order valence-electron chi connectivity index (χ2n) is 8.29. The van der Waals surface area contributed by atoms with Crippen LogP contribution in [-0.4, -0.2) is 36.4 Å². The van der Waals surface area contributed by atoms with Crippen LogP contribution in [0.25, 0.3) is 17.0 Å². The molecule has 9 heteroatoms. The molecule has 4 N–H and O–H groups in total. The van der Waals surface area contributed by atoms with E-state index in [0.717, 1.165) is 54.0 Å². The van der Waals surface area contributed by atoms with E-state index in [2.05, 4.69) is 25.6 Å². The standard InChI is InChI=1S/C23H25FN8/c1-14-9-28-23(30-17-4-2-16(25)3-5-17)31-22(14)20-12-27-21-7-6-18(13-32(20)21)29-19-8-15(24)10-26-11-19/h6-13,16-17,29H,2-5,25H2,1H3,(H,28,30,31)/t16-,17-. The van der Waals surface area contributed by atoms with Crippen molar-refractivity contribution in [2.45, 2.75) is 44.7 Å². The first-order valence-electron chi connectivity index (χ1n) is 10.8. The maximum atomic E-state index is 13.5. The van der Waals surface area contributed by atoms with Crippen LogP contribution in [0.5, 0.6) is 0 Å². The molecule has 0 aromatic carbocycles. The monoisotopic (exact) mass is 432 g/mol. The Balaban J connectivity index is 1.44. The summed E-state index contributed by atoms with van der Waals surface area (Å²) in [6, 6.07) is 5.83. The molecule has 0 spiro atoms. The summed E-state index contributed by atoms with van der Waals surface area (Å²) in [5.41, 5.74) is 10.8. The number of nitrogens with two attached hydrogens (primary N) is 1. The lowest BCUT2D eigenvalue weighted by Gasteiger charge is -2.26. The molecule has 1 fully saturated rings. The van der Waals surface area contributed by atoms with E-state index in [9.17, 15) is 4.39 Å². The number of anilines is 3. The van der Waals surface area contributed by atoms with Crippen LogP contribution in [0.1, 0.15) is 31.2 Å². The van der Waals surface area contributed by atoms with Crippen molar-refractivity contribution in [3.63, 3.8) is 0 Å². The van der Waals surface area contributed by atoms with Gasteiger partial charge in [0.25, 0.3) is 0 Å². The van der Waals surface area contributed by atoms with E-state index in [0.29, 0.717) is 23.7 Å². The Bertz CT molecular complexity index is 1250. The minimum atomic E-state index is -0.393. The van der Waals surface area contributed by atoms with Gasteiger partial charge in [-0.1, -0.05) is 0 Å². The number of aryl methyl sites for hydroxylation is 1. The third-order valence-electron chi connectivity index (χ3n) is 5.82. The first-order chi connectivity index (χ1) is 15.5. The molecular formula is C23H25FN8. The number of fused-ring (bicyclic) bond motifs is 1. The third-order valence-corrected chi connectivity index (χ3v) is 5.82. The fourth-order valence-electron chi connectivity index (χ4n) is 4.09. The fraction of sp³-hybridized carbons (Fsp3) is 0.304. The predicted octanol–water partition coefficient (Wildman–Crippen LogP) is 4.06.